The van der Waals surface area contributed by atoms with Crippen molar-refractivity contribution in [3.8, 4) is 0 Å². The number of unbranched alkanes of at least 4 members (excludes halogenated alkanes) is 9. The van der Waals surface area contributed by atoms with Crippen LogP contribution in [0.2, 0.25) is 0 Å². The zero-order valence-electron chi connectivity index (χ0n) is 12.4. The number of isocyanates is 1. The molecule has 0 aromatic rings. The summed E-state index contributed by atoms with van der Waals surface area (Å²) in [6.07, 6.45) is 14.5. The van der Waals surface area contributed by atoms with Gasteiger partial charge < -0.3 is 4.74 Å². The summed E-state index contributed by atoms with van der Waals surface area (Å²) >= 11 is 0. The van der Waals surface area contributed by atoms with Crippen LogP contribution in [-0.2, 0) is 14.3 Å². The Morgan fingerprint density at radius 3 is 1.95 bits per heavy atom. The predicted molar refractivity (Wildman–Crippen MR) is 80.3 cm³/mol. The first kappa shape index (κ1) is 18.6. The third kappa shape index (κ3) is 14.7. The third-order valence-corrected chi connectivity index (χ3v) is 3.14. The Hall–Kier alpha value is -1.41. The highest BCUT2D eigenvalue weighted by Gasteiger charge is 1.96. The van der Waals surface area contributed by atoms with Gasteiger partial charge in [0.1, 0.15) is 0 Å². The van der Waals surface area contributed by atoms with Gasteiger partial charge in [0.05, 0.1) is 13.2 Å². The van der Waals surface area contributed by atoms with Crippen molar-refractivity contribution in [1.29, 1.82) is 0 Å². The van der Waals surface area contributed by atoms with Gasteiger partial charge in [-0.05, 0) is 12.8 Å². The molecule has 0 fully saturated rings. The molecule has 4 nitrogen and oxygen atoms in total. The van der Waals surface area contributed by atoms with Crippen molar-refractivity contribution in [1.82, 2.24) is 0 Å². The van der Waals surface area contributed by atoms with Crippen LogP contribution in [0.5, 0.6) is 0 Å². The first-order chi connectivity index (χ1) is 9.81. The van der Waals surface area contributed by atoms with E-state index in [1.165, 1.54) is 44.6 Å². The Morgan fingerprint density at radius 1 is 0.950 bits per heavy atom. The topological polar surface area (TPSA) is 55.7 Å². The molecule has 4 heteroatoms. The molecule has 0 aromatic heterocycles. The quantitative estimate of drug-likeness (QED) is 0.159. The molecule has 0 aliphatic heterocycles. The summed E-state index contributed by atoms with van der Waals surface area (Å²) in [5.74, 6) is -0.330. The van der Waals surface area contributed by atoms with Gasteiger partial charge in [-0.1, -0.05) is 57.9 Å². The van der Waals surface area contributed by atoms with E-state index in [4.69, 9.17) is 4.74 Å². The molecule has 0 bridgehead atoms. The molecule has 0 spiro atoms. The van der Waals surface area contributed by atoms with Gasteiger partial charge in [0.25, 0.3) is 0 Å². The summed E-state index contributed by atoms with van der Waals surface area (Å²) in [6.45, 7) is 4.48. The van der Waals surface area contributed by atoms with Gasteiger partial charge >= 0.3 is 5.97 Å². The maximum atomic E-state index is 10.8. The second kappa shape index (κ2) is 15.6. The minimum atomic E-state index is -0.330. The van der Waals surface area contributed by atoms with Gasteiger partial charge in [0, 0.05) is 6.08 Å². The van der Waals surface area contributed by atoms with Crippen LogP contribution in [0.25, 0.3) is 0 Å². The van der Waals surface area contributed by atoms with Gasteiger partial charge in [-0.15, -0.1) is 0 Å². The number of carbonyl (C=O) groups excluding carboxylic acids is 2. The molecule has 0 aliphatic carbocycles. The van der Waals surface area contributed by atoms with E-state index < -0.39 is 0 Å². The summed E-state index contributed by atoms with van der Waals surface area (Å²) in [4.78, 5) is 24.1. The van der Waals surface area contributed by atoms with Crippen LogP contribution in [0.1, 0.15) is 64.2 Å². The molecule has 0 unspecified atom stereocenters. The molecule has 0 heterocycles. The zero-order valence-corrected chi connectivity index (χ0v) is 12.4. The number of hydrogen-bond donors (Lipinski definition) is 0. The van der Waals surface area contributed by atoms with Crippen LogP contribution >= 0.6 is 0 Å². The maximum Gasteiger partial charge on any atom is 0.330 e. The fourth-order valence-corrected chi connectivity index (χ4v) is 1.98. The highest BCUT2D eigenvalue weighted by Crippen LogP contribution is 2.10. The molecular formula is C16H27NO3. The second-order valence-electron chi connectivity index (χ2n) is 4.88. The van der Waals surface area contributed by atoms with E-state index in [1.54, 1.807) is 6.08 Å². The Morgan fingerprint density at radius 2 is 1.45 bits per heavy atom. The van der Waals surface area contributed by atoms with Crippen LogP contribution in [0, 0.1) is 0 Å². The molecule has 0 aromatic carbocycles. The number of esters is 1. The molecule has 0 saturated heterocycles. The molecule has 0 amide bonds. The first-order valence-electron chi connectivity index (χ1n) is 7.64. The summed E-state index contributed by atoms with van der Waals surface area (Å²) < 4.78 is 4.90. The highest BCUT2D eigenvalue weighted by molar-refractivity contribution is 5.81. The summed E-state index contributed by atoms with van der Waals surface area (Å²) in [6, 6.07) is 0. The Bertz CT molecular complexity index is 296. The minimum absolute atomic E-state index is 0.330. The molecule has 0 saturated carbocycles. The van der Waals surface area contributed by atoms with E-state index in [-0.39, 0.29) is 5.97 Å². The maximum absolute atomic E-state index is 10.8. The number of ether oxygens (including phenoxy) is 1. The van der Waals surface area contributed by atoms with Gasteiger partial charge in [-0.25, -0.2) is 14.6 Å². The molecule has 0 N–H and O–H groups in total. The number of nitrogens with zero attached hydrogens (tertiary/aromatic N) is 1. The summed E-state index contributed by atoms with van der Waals surface area (Å²) in [5, 5.41) is 0. The van der Waals surface area contributed by atoms with Crippen LogP contribution in [0.15, 0.2) is 17.6 Å². The van der Waals surface area contributed by atoms with Crippen LogP contribution in [0.3, 0.4) is 0 Å². The smallest absolute Gasteiger partial charge is 0.330 e. The lowest BCUT2D eigenvalue weighted by Gasteiger charge is -2.03. The fourth-order valence-electron chi connectivity index (χ4n) is 1.98. The van der Waals surface area contributed by atoms with Gasteiger partial charge in [-0.2, -0.15) is 0 Å². The first-order valence-corrected chi connectivity index (χ1v) is 7.64. The summed E-state index contributed by atoms with van der Waals surface area (Å²) in [5.41, 5.74) is 0. The number of carbonyl (C=O) groups is 1. The number of hydrogen-bond acceptors (Lipinski definition) is 4. The molecular weight excluding hydrogens is 254 g/mol. The van der Waals surface area contributed by atoms with E-state index in [0.717, 1.165) is 25.7 Å². The predicted octanol–water partition coefficient (Wildman–Crippen LogP) is 3.95. The molecule has 0 rings (SSSR count). The lowest BCUT2D eigenvalue weighted by atomic mass is 10.1. The van der Waals surface area contributed by atoms with Crippen molar-refractivity contribution in [2.75, 3.05) is 13.2 Å². The second-order valence-corrected chi connectivity index (χ2v) is 4.88. The van der Waals surface area contributed by atoms with Crippen molar-refractivity contribution in [3.05, 3.63) is 12.7 Å². The van der Waals surface area contributed by atoms with Gasteiger partial charge in [0.15, 0.2) is 0 Å². The normalized spacial score (nSPS) is 9.80. The number of aliphatic imine (C=N–C) groups is 1. The minimum Gasteiger partial charge on any atom is -0.463 e. The molecule has 0 atom stereocenters. The average molecular weight is 281 g/mol. The average Bonchev–Trinajstić information content (AvgIpc) is 2.47. The lowest BCUT2D eigenvalue weighted by molar-refractivity contribution is -0.137. The Labute approximate surface area is 122 Å². The van der Waals surface area contributed by atoms with Crippen LogP contribution in [0.4, 0.5) is 0 Å². The van der Waals surface area contributed by atoms with Crippen LogP contribution < -0.4 is 0 Å². The van der Waals surface area contributed by atoms with Crippen LogP contribution in [-0.4, -0.2) is 25.2 Å². The van der Waals surface area contributed by atoms with E-state index in [2.05, 4.69) is 11.6 Å². The SMILES string of the molecule is C=CC(=O)OCCCCCCCCCCCCN=C=O. The summed E-state index contributed by atoms with van der Waals surface area (Å²) in [7, 11) is 0. The van der Waals surface area contributed by atoms with Crippen molar-refractivity contribution in [2.24, 2.45) is 4.99 Å². The van der Waals surface area contributed by atoms with E-state index >= 15 is 0 Å². The fraction of sp³-hybridized carbons (Fsp3) is 0.750. The standard InChI is InChI=1S/C16H27NO3/c1-2-16(19)20-14-12-10-8-6-4-3-5-7-9-11-13-17-15-18/h2H,1,3-14H2. The van der Waals surface area contributed by atoms with E-state index in [9.17, 15) is 9.59 Å². The van der Waals surface area contributed by atoms with Crippen molar-refractivity contribution in [3.63, 3.8) is 0 Å². The molecule has 0 aliphatic rings. The van der Waals surface area contributed by atoms with E-state index in [0.29, 0.717) is 13.2 Å². The van der Waals surface area contributed by atoms with Gasteiger partial charge in [-0.3, -0.25) is 0 Å². The van der Waals surface area contributed by atoms with Crippen molar-refractivity contribution in [2.45, 2.75) is 64.2 Å². The molecule has 0 radical (unpaired) electrons. The Kier molecular flexibility index (Phi) is 14.5. The largest absolute Gasteiger partial charge is 0.463 e. The monoisotopic (exact) mass is 281 g/mol. The molecule has 114 valence electrons. The number of rotatable bonds is 14. The molecule has 20 heavy (non-hydrogen) atoms. The van der Waals surface area contributed by atoms with Crippen molar-refractivity contribution >= 4 is 12.0 Å². The zero-order chi connectivity index (χ0) is 14.9. The van der Waals surface area contributed by atoms with Gasteiger partial charge in [0.2, 0.25) is 6.08 Å². The van der Waals surface area contributed by atoms with E-state index in [1.807, 2.05) is 0 Å². The Balaban J connectivity index is 3.04. The lowest BCUT2D eigenvalue weighted by Crippen LogP contribution is -2.01. The highest BCUT2D eigenvalue weighted by atomic mass is 16.5. The third-order valence-electron chi connectivity index (χ3n) is 3.14. The van der Waals surface area contributed by atoms with Crippen molar-refractivity contribution < 1.29 is 14.3 Å².